The van der Waals surface area contributed by atoms with Crippen molar-refractivity contribution in [2.45, 2.75) is 83.9 Å². The van der Waals surface area contributed by atoms with Gasteiger partial charge in [0.1, 0.15) is 29.9 Å². The smallest absolute Gasteiger partial charge is 0.245 e. The minimum absolute atomic E-state index is 0.00296. The van der Waals surface area contributed by atoms with Crippen molar-refractivity contribution >= 4 is 40.0 Å². The van der Waals surface area contributed by atoms with Crippen molar-refractivity contribution in [1.29, 1.82) is 0 Å². The average Bonchev–Trinajstić information content (AvgIpc) is 3.69. The quantitative estimate of drug-likeness (QED) is 0.0640. The molecular weight excluding hydrogens is 657 g/mol. The Labute approximate surface area is 297 Å². The molecule has 1 saturated heterocycles. The number of ether oxygens (including phenoxy) is 1. The van der Waals surface area contributed by atoms with Crippen molar-refractivity contribution in [3.8, 4) is 11.1 Å². The van der Waals surface area contributed by atoms with Gasteiger partial charge in [-0.3, -0.25) is 19.1 Å². The standard InChI is InChI=1S/C39H43ClFN5O4/c1-5-7-8-9-10-19-50-34-17-18-45(39(34)33(48)16-15-27-13-11-14-32(40)36(27)41)35(49)24-46-38-28(12-6-2)20-29(30-22-42-26(4)43-23-30)21-31(38)37(44-46)25(3)47/h5-6,11,13-14,20-23,34,39H,1-2,7-10,12,15-19,24H2,3-4H3/t34-,39-/m1/s1. The third-order valence-corrected chi connectivity index (χ3v) is 9.36. The molecule has 0 N–H and O–H groups in total. The number of rotatable bonds is 17. The molecule has 2 aromatic heterocycles. The van der Waals surface area contributed by atoms with Crippen molar-refractivity contribution in [2.75, 3.05) is 13.2 Å². The van der Waals surface area contributed by atoms with E-state index in [4.69, 9.17) is 16.3 Å². The summed E-state index contributed by atoms with van der Waals surface area (Å²) in [5.41, 5.74) is 3.65. The predicted molar refractivity (Wildman–Crippen MR) is 193 cm³/mol. The maximum Gasteiger partial charge on any atom is 0.245 e. The number of Topliss-reactive ketones (excluding diaryl/α,β-unsaturated/α-hetero) is 2. The zero-order valence-corrected chi connectivity index (χ0v) is 29.4. The molecule has 262 valence electrons. The van der Waals surface area contributed by atoms with Crippen LogP contribution in [-0.2, 0) is 33.7 Å². The molecular formula is C39H43ClFN5O4. The van der Waals surface area contributed by atoms with Gasteiger partial charge in [-0.1, -0.05) is 42.3 Å². The second-order valence-electron chi connectivity index (χ2n) is 12.7. The predicted octanol–water partition coefficient (Wildman–Crippen LogP) is 7.46. The molecule has 1 amide bonds. The van der Waals surface area contributed by atoms with E-state index in [2.05, 4.69) is 28.2 Å². The number of hydrogen-bond donors (Lipinski definition) is 0. The number of halogens is 2. The lowest BCUT2D eigenvalue weighted by molar-refractivity contribution is -0.141. The molecule has 4 aromatic rings. The van der Waals surface area contributed by atoms with Crippen LogP contribution in [0.2, 0.25) is 5.02 Å². The molecule has 2 aromatic carbocycles. The molecule has 0 radical (unpaired) electrons. The first-order chi connectivity index (χ1) is 24.1. The molecule has 0 saturated carbocycles. The van der Waals surface area contributed by atoms with Gasteiger partial charge in [0, 0.05) is 49.8 Å². The first-order valence-electron chi connectivity index (χ1n) is 17.0. The lowest BCUT2D eigenvalue weighted by atomic mass is 9.98. The van der Waals surface area contributed by atoms with Gasteiger partial charge in [0.25, 0.3) is 0 Å². The van der Waals surface area contributed by atoms with Gasteiger partial charge in [-0.15, -0.1) is 13.2 Å². The monoisotopic (exact) mass is 699 g/mol. The molecule has 2 atom stereocenters. The van der Waals surface area contributed by atoms with E-state index < -0.39 is 18.0 Å². The largest absolute Gasteiger partial charge is 0.376 e. The van der Waals surface area contributed by atoms with Crippen molar-refractivity contribution in [3.05, 3.63) is 102 Å². The van der Waals surface area contributed by atoms with E-state index in [9.17, 15) is 18.8 Å². The molecule has 50 heavy (non-hydrogen) atoms. The van der Waals surface area contributed by atoms with Gasteiger partial charge in [0.05, 0.1) is 16.6 Å². The lowest BCUT2D eigenvalue weighted by Gasteiger charge is -2.27. The minimum atomic E-state index is -0.840. The molecule has 0 unspecified atom stereocenters. The summed E-state index contributed by atoms with van der Waals surface area (Å²) in [5, 5.41) is 5.24. The summed E-state index contributed by atoms with van der Waals surface area (Å²) in [6.45, 7) is 11.5. The second kappa shape index (κ2) is 16.9. The number of carbonyl (C=O) groups is 3. The number of nitrogens with zero attached hydrogens (tertiary/aromatic N) is 5. The SMILES string of the molecule is C=CCCCCCO[C@@H]1CCN(C(=O)Cn2nc(C(C)=O)c3cc(-c4cnc(C)nc4)cc(CC=C)c32)[C@@H]1C(=O)CCc1cccc(Cl)c1F. The number of benzene rings is 2. The third-order valence-electron chi connectivity index (χ3n) is 9.07. The first-order valence-corrected chi connectivity index (χ1v) is 17.4. The second-order valence-corrected chi connectivity index (χ2v) is 13.1. The van der Waals surface area contributed by atoms with Gasteiger partial charge >= 0.3 is 0 Å². The van der Waals surface area contributed by atoms with Gasteiger partial charge in [-0.25, -0.2) is 14.4 Å². The van der Waals surface area contributed by atoms with Gasteiger partial charge in [0.2, 0.25) is 5.91 Å². The van der Waals surface area contributed by atoms with Crippen molar-refractivity contribution in [3.63, 3.8) is 0 Å². The van der Waals surface area contributed by atoms with Crippen LogP contribution in [0.3, 0.4) is 0 Å². The molecule has 0 spiro atoms. The van der Waals surface area contributed by atoms with Crippen LogP contribution in [0.25, 0.3) is 22.0 Å². The fourth-order valence-corrected chi connectivity index (χ4v) is 6.76. The van der Waals surface area contributed by atoms with E-state index in [0.29, 0.717) is 48.3 Å². The molecule has 1 fully saturated rings. The Morgan fingerprint density at radius 3 is 2.56 bits per heavy atom. The molecule has 1 aliphatic heterocycles. The van der Waals surface area contributed by atoms with Crippen LogP contribution in [0.15, 0.2) is 68.0 Å². The van der Waals surface area contributed by atoms with Crippen LogP contribution in [0.1, 0.15) is 72.9 Å². The zero-order chi connectivity index (χ0) is 35.8. The van der Waals surface area contributed by atoms with Crippen molar-refractivity contribution < 1.29 is 23.5 Å². The summed E-state index contributed by atoms with van der Waals surface area (Å²) in [6, 6.07) is 7.73. The maximum absolute atomic E-state index is 14.7. The van der Waals surface area contributed by atoms with Crippen LogP contribution in [0.5, 0.6) is 0 Å². The summed E-state index contributed by atoms with van der Waals surface area (Å²) in [7, 11) is 0. The van der Waals surface area contributed by atoms with Crippen LogP contribution >= 0.6 is 11.6 Å². The Morgan fingerprint density at radius 2 is 1.84 bits per heavy atom. The normalized spacial score (nSPS) is 15.8. The highest BCUT2D eigenvalue weighted by molar-refractivity contribution is 6.30. The zero-order valence-electron chi connectivity index (χ0n) is 28.7. The summed E-state index contributed by atoms with van der Waals surface area (Å²) in [5.74, 6) is -0.683. The molecule has 1 aliphatic rings. The number of unbranched alkanes of at least 4 members (excludes halogenated alkanes) is 3. The van der Waals surface area contributed by atoms with Gasteiger partial charge < -0.3 is 9.64 Å². The minimum Gasteiger partial charge on any atom is -0.376 e. The first kappa shape index (κ1) is 36.7. The number of likely N-dealkylation sites (tertiary alicyclic amines) is 1. The number of aromatic nitrogens is 4. The number of hydrogen-bond acceptors (Lipinski definition) is 7. The molecule has 5 rings (SSSR count). The van der Waals surface area contributed by atoms with E-state index in [1.165, 1.54) is 13.0 Å². The number of carbonyl (C=O) groups excluding carboxylic acids is 3. The summed E-state index contributed by atoms with van der Waals surface area (Å²) >= 11 is 5.98. The van der Waals surface area contributed by atoms with E-state index in [-0.39, 0.29) is 47.6 Å². The van der Waals surface area contributed by atoms with E-state index in [1.54, 1.807) is 40.2 Å². The lowest BCUT2D eigenvalue weighted by Crippen LogP contribution is -2.47. The number of aryl methyl sites for hydroxylation is 2. The Hall–Kier alpha value is -4.54. The Balaban J connectivity index is 1.43. The van der Waals surface area contributed by atoms with Gasteiger partial charge in [-0.05, 0) is 80.3 Å². The maximum atomic E-state index is 14.7. The van der Waals surface area contributed by atoms with Crippen LogP contribution < -0.4 is 0 Å². The number of allylic oxidation sites excluding steroid dienone is 2. The fraction of sp³-hybridized carbons (Fsp3) is 0.385. The average molecular weight is 700 g/mol. The molecule has 9 nitrogen and oxygen atoms in total. The van der Waals surface area contributed by atoms with Crippen LogP contribution in [-0.4, -0.2) is 67.4 Å². The third kappa shape index (κ3) is 8.42. The topological polar surface area (TPSA) is 107 Å². The number of ketones is 2. The van der Waals surface area contributed by atoms with Crippen molar-refractivity contribution in [1.82, 2.24) is 24.6 Å². The highest BCUT2D eigenvalue weighted by atomic mass is 35.5. The van der Waals surface area contributed by atoms with Crippen LogP contribution in [0, 0.1) is 12.7 Å². The summed E-state index contributed by atoms with van der Waals surface area (Å²) in [6.07, 6.45) is 11.4. The summed E-state index contributed by atoms with van der Waals surface area (Å²) in [4.78, 5) is 51.1. The van der Waals surface area contributed by atoms with Crippen LogP contribution in [0.4, 0.5) is 4.39 Å². The van der Waals surface area contributed by atoms with E-state index in [1.807, 2.05) is 25.1 Å². The van der Waals surface area contributed by atoms with Gasteiger partial charge in [-0.2, -0.15) is 5.10 Å². The highest BCUT2D eigenvalue weighted by Gasteiger charge is 2.42. The molecule has 0 aliphatic carbocycles. The molecule has 0 bridgehead atoms. The van der Waals surface area contributed by atoms with Gasteiger partial charge in [0.15, 0.2) is 11.6 Å². The molecule has 3 heterocycles. The Kier molecular flexibility index (Phi) is 12.4. The number of fused-ring (bicyclic) bond motifs is 1. The van der Waals surface area contributed by atoms with E-state index in [0.717, 1.165) is 42.4 Å². The van der Waals surface area contributed by atoms with Crippen molar-refractivity contribution in [2.24, 2.45) is 0 Å². The molecule has 11 heteroatoms. The summed E-state index contributed by atoms with van der Waals surface area (Å²) < 4.78 is 22.5. The number of amides is 1. The highest BCUT2D eigenvalue weighted by Crippen LogP contribution is 2.32. The Bertz CT molecular complexity index is 1890. The van der Waals surface area contributed by atoms with E-state index >= 15 is 0 Å². The Morgan fingerprint density at radius 1 is 1.06 bits per heavy atom. The fourth-order valence-electron chi connectivity index (χ4n) is 6.57.